The molecule has 100 valence electrons. The molecule has 0 aromatic heterocycles. The number of alkyl halides is 1. The van der Waals surface area contributed by atoms with Gasteiger partial charge in [-0.2, -0.15) is 0 Å². The fourth-order valence-electron chi connectivity index (χ4n) is 1.39. The second kappa shape index (κ2) is 7.81. The van der Waals surface area contributed by atoms with Crippen molar-refractivity contribution in [3.63, 3.8) is 0 Å². The maximum Gasteiger partial charge on any atom is 0.255 e. The number of methoxy groups -OCH3 is 1. The van der Waals surface area contributed by atoms with Crippen molar-refractivity contribution in [2.45, 2.75) is 11.8 Å². The topological polar surface area (TPSA) is 58.6 Å². The first-order chi connectivity index (χ1) is 8.54. The van der Waals surface area contributed by atoms with Gasteiger partial charge in [0.2, 0.25) is 0 Å². The zero-order valence-corrected chi connectivity index (χ0v) is 12.9. The first kappa shape index (κ1) is 15.5. The van der Waals surface area contributed by atoms with E-state index in [4.69, 9.17) is 16.3 Å². The number of ether oxygens (including phenoxy) is 1. The van der Waals surface area contributed by atoms with Crippen molar-refractivity contribution in [2.24, 2.45) is 0 Å². The minimum Gasteiger partial charge on any atom is -0.507 e. The number of aromatic hydroxyl groups is 1. The summed E-state index contributed by atoms with van der Waals surface area (Å²) in [5.74, 6) is -0.320. The molecule has 4 nitrogen and oxygen atoms in total. The van der Waals surface area contributed by atoms with E-state index in [-0.39, 0.29) is 22.6 Å². The number of amides is 1. The number of rotatable bonds is 6. The lowest BCUT2D eigenvalue weighted by atomic mass is 10.2. The summed E-state index contributed by atoms with van der Waals surface area (Å²) in [5.41, 5.74) is 0.278. The number of carbonyl (C=O) groups is 1. The summed E-state index contributed by atoms with van der Waals surface area (Å²) in [6, 6.07) is 4.88. The Morgan fingerprint density at radius 3 is 3.00 bits per heavy atom. The average molecular weight is 384 g/mol. The zero-order chi connectivity index (χ0) is 13.5. The third-order valence-electron chi connectivity index (χ3n) is 2.29. The van der Waals surface area contributed by atoms with Gasteiger partial charge in [-0.1, -0.05) is 0 Å². The van der Waals surface area contributed by atoms with Gasteiger partial charge in [0.1, 0.15) is 5.75 Å². The average Bonchev–Trinajstić information content (AvgIpc) is 2.32. The van der Waals surface area contributed by atoms with E-state index in [2.05, 4.69) is 27.9 Å². The van der Waals surface area contributed by atoms with Crippen LogP contribution in [-0.2, 0) is 4.74 Å². The summed E-state index contributed by atoms with van der Waals surface area (Å²) in [6.07, 6.45) is 0.617. The smallest absolute Gasteiger partial charge is 0.255 e. The van der Waals surface area contributed by atoms with Gasteiger partial charge >= 0.3 is 0 Å². The summed E-state index contributed by atoms with van der Waals surface area (Å²) < 4.78 is 5.79. The maximum absolute atomic E-state index is 11.8. The Morgan fingerprint density at radius 2 is 2.33 bits per heavy atom. The van der Waals surface area contributed by atoms with E-state index < -0.39 is 0 Å². The first-order valence-electron chi connectivity index (χ1n) is 5.44. The Bertz CT molecular complexity index is 414. The number of phenolic OH excluding ortho intramolecular Hbond substituents is 1. The predicted octanol–water partition coefficient (Wildman–Crippen LogP) is 2.37. The molecule has 2 N–H and O–H groups in total. The van der Waals surface area contributed by atoms with Gasteiger partial charge in [-0.05, 0) is 47.2 Å². The number of nitrogens with one attached hydrogen (secondary N) is 1. The molecule has 0 aliphatic carbocycles. The minimum absolute atomic E-state index is 0.0211. The predicted molar refractivity (Wildman–Crippen MR) is 79.3 cm³/mol. The highest BCUT2D eigenvalue weighted by Crippen LogP contribution is 2.19. The van der Waals surface area contributed by atoms with Crippen molar-refractivity contribution in [3.05, 3.63) is 27.3 Å². The van der Waals surface area contributed by atoms with Crippen LogP contribution in [0.2, 0.25) is 0 Å². The van der Waals surface area contributed by atoms with E-state index in [1.54, 1.807) is 19.2 Å². The molecule has 0 saturated heterocycles. The molecular weight excluding hydrogens is 368 g/mol. The van der Waals surface area contributed by atoms with E-state index >= 15 is 0 Å². The third kappa shape index (κ3) is 4.99. The Morgan fingerprint density at radius 1 is 1.61 bits per heavy atom. The lowest BCUT2D eigenvalue weighted by Crippen LogP contribution is -2.27. The number of hydrogen-bond donors (Lipinski definition) is 2. The van der Waals surface area contributed by atoms with E-state index in [0.717, 1.165) is 3.57 Å². The van der Waals surface area contributed by atoms with Gasteiger partial charge in [0.15, 0.2) is 0 Å². The number of halogens is 2. The second-order valence-electron chi connectivity index (χ2n) is 3.76. The summed E-state index contributed by atoms with van der Waals surface area (Å²) in [5, 5.41) is 12.2. The molecule has 18 heavy (non-hydrogen) atoms. The summed E-state index contributed by atoms with van der Waals surface area (Å²) in [7, 11) is 1.58. The van der Waals surface area contributed by atoms with E-state index in [9.17, 15) is 9.90 Å². The zero-order valence-electron chi connectivity index (χ0n) is 9.95. The molecule has 0 fully saturated rings. The first-order valence-corrected chi connectivity index (χ1v) is 6.96. The minimum atomic E-state index is -0.299. The molecule has 1 aromatic carbocycles. The van der Waals surface area contributed by atoms with E-state index in [1.165, 1.54) is 6.07 Å². The summed E-state index contributed by atoms with van der Waals surface area (Å²) in [6.45, 7) is 0.896. The maximum atomic E-state index is 11.8. The van der Waals surface area contributed by atoms with Crippen molar-refractivity contribution in [2.75, 3.05) is 20.3 Å². The van der Waals surface area contributed by atoms with Crippen LogP contribution in [0.25, 0.3) is 0 Å². The van der Waals surface area contributed by atoms with Crippen LogP contribution in [0, 0.1) is 3.57 Å². The number of carbonyl (C=O) groups excluding carboxylic acids is 1. The van der Waals surface area contributed by atoms with Crippen molar-refractivity contribution < 1.29 is 14.6 Å². The molecule has 0 aliphatic heterocycles. The highest BCUT2D eigenvalue weighted by atomic mass is 127. The van der Waals surface area contributed by atoms with Gasteiger partial charge in [0.25, 0.3) is 5.91 Å². The monoisotopic (exact) mass is 383 g/mol. The quantitative estimate of drug-likeness (QED) is 0.586. The Labute approximate surface area is 125 Å². The van der Waals surface area contributed by atoms with E-state index in [1.807, 2.05) is 0 Å². The van der Waals surface area contributed by atoms with Crippen LogP contribution in [-0.4, -0.2) is 36.7 Å². The van der Waals surface area contributed by atoms with Gasteiger partial charge in [0.05, 0.1) is 17.5 Å². The molecule has 0 heterocycles. The lowest BCUT2D eigenvalue weighted by Gasteiger charge is -2.10. The van der Waals surface area contributed by atoms with Gasteiger partial charge < -0.3 is 15.2 Å². The molecule has 1 amide bonds. The summed E-state index contributed by atoms with van der Waals surface area (Å²) in [4.78, 5) is 11.8. The number of hydrogen-bond acceptors (Lipinski definition) is 3. The molecule has 6 heteroatoms. The summed E-state index contributed by atoms with van der Waals surface area (Å²) >= 11 is 8.03. The van der Waals surface area contributed by atoms with Crippen LogP contribution in [0.4, 0.5) is 0 Å². The third-order valence-corrected chi connectivity index (χ3v) is 3.31. The Kier molecular flexibility index (Phi) is 6.73. The molecule has 1 atom stereocenters. The standard InChI is InChI=1S/C12H15ClINO3/c1-18-7-8(13)4-5-15-12(17)10-6-9(14)2-3-11(10)16/h2-3,6,8,16H,4-5,7H2,1H3,(H,15,17). The fourth-order valence-corrected chi connectivity index (χ4v) is 2.12. The van der Waals surface area contributed by atoms with Gasteiger partial charge in [-0.15, -0.1) is 11.6 Å². The largest absolute Gasteiger partial charge is 0.507 e. The molecule has 0 saturated carbocycles. The number of phenols is 1. The fraction of sp³-hybridized carbons (Fsp3) is 0.417. The van der Waals surface area contributed by atoms with Crippen LogP contribution in [0.5, 0.6) is 5.75 Å². The highest BCUT2D eigenvalue weighted by molar-refractivity contribution is 14.1. The molecular formula is C12H15ClINO3. The van der Waals surface area contributed by atoms with Crippen molar-refractivity contribution in [1.82, 2.24) is 5.32 Å². The Balaban J connectivity index is 2.48. The molecule has 0 bridgehead atoms. The Hall–Kier alpha value is -0.530. The molecule has 0 aliphatic rings. The van der Waals surface area contributed by atoms with Crippen molar-refractivity contribution >= 4 is 40.1 Å². The lowest BCUT2D eigenvalue weighted by molar-refractivity contribution is 0.0949. The SMILES string of the molecule is COCC(Cl)CCNC(=O)c1cc(I)ccc1O. The van der Waals surface area contributed by atoms with Crippen LogP contribution >= 0.6 is 34.2 Å². The van der Waals surface area contributed by atoms with Crippen LogP contribution in [0.3, 0.4) is 0 Å². The van der Waals surface area contributed by atoms with Crippen LogP contribution < -0.4 is 5.32 Å². The van der Waals surface area contributed by atoms with Crippen molar-refractivity contribution in [1.29, 1.82) is 0 Å². The van der Waals surface area contributed by atoms with Gasteiger partial charge in [0, 0.05) is 17.2 Å². The molecule has 1 rings (SSSR count). The number of benzene rings is 1. The molecule has 1 unspecified atom stereocenters. The van der Waals surface area contributed by atoms with Crippen molar-refractivity contribution in [3.8, 4) is 5.75 Å². The molecule has 0 spiro atoms. The van der Waals surface area contributed by atoms with Gasteiger partial charge in [-0.25, -0.2) is 0 Å². The van der Waals surface area contributed by atoms with Gasteiger partial charge in [-0.3, -0.25) is 4.79 Å². The molecule has 0 radical (unpaired) electrons. The molecule has 1 aromatic rings. The van der Waals surface area contributed by atoms with Crippen LogP contribution in [0.15, 0.2) is 18.2 Å². The van der Waals surface area contributed by atoms with E-state index in [0.29, 0.717) is 19.6 Å². The van der Waals surface area contributed by atoms with Crippen LogP contribution in [0.1, 0.15) is 16.8 Å². The highest BCUT2D eigenvalue weighted by Gasteiger charge is 2.12. The second-order valence-corrected chi connectivity index (χ2v) is 5.62. The normalized spacial score (nSPS) is 12.2.